The van der Waals surface area contributed by atoms with Gasteiger partial charge in [-0.05, 0) is 17.4 Å². The topological polar surface area (TPSA) is 58.6 Å². The van der Waals surface area contributed by atoms with Gasteiger partial charge in [0.1, 0.15) is 0 Å². The van der Waals surface area contributed by atoms with Crippen molar-refractivity contribution < 1.29 is 14.6 Å². The third-order valence-corrected chi connectivity index (χ3v) is 3.94. The molecule has 4 atom stereocenters. The summed E-state index contributed by atoms with van der Waals surface area (Å²) < 4.78 is 5.66. The van der Waals surface area contributed by atoms with E-state index in [1.807, 2.05) is 30.3 Å². The van der Waals surface area contributed by atoms with E-state index in [2.05, 4.69) is 5.32 Å². The van der Waals surface area contributed by atoms with Crippen molar-refractivity contribution in [1.29, 1.82) is 0 Å². The monoisotopic (exact) mass is 247 g/mol. The highest BCUT2D eigenvalue weighted by Gasteiger charge is 2.62. The molecule has 0 radical (unpaired) electrons. The van der Waals surface area contributed by atoms with Crippen LogP contribution in [0, 0.1) is 17.8 Å². The van der Waals surface area contributed by atoms with E-state index < -0.39 is 0 Å². The summed E-state index contributed by atoms with van der Waals surface area (Å²) in [5, 5.41) is 11.9. The molecule has 18 heavy (non-hydrogen) atoms. The van der Waals surface area contributed by atoms with Crippen LogP contribution < -0.4 is 5.32 Å². The average Bonchev–Trinajstić information content (AvgIpc) is 3.01. The number of amides is 1. The minimum atomic E-state index is -0.0622. The van der Waals surface area contributed by atoms with Crippen molar-refractivity contribution in [2.24, 2.45) is 17.8 Å². The van der Waals surface area contributed by atoms with Crippen LogP contribution in [0.3, 0.4) is 0 Å². The summed E-state index contributed by atoms with van der Waals surface area (Å²) in [6.07, 6.45) is 0. The molecule has 1 aromatic carbocycles. The fourth-order valence-corrected chi connectivity index (χ4v) is 2.96. The molecule has 4 unspecified atom stereocenters. The van der Waals surface area contributed by atoms with Crippen LogP contribution >= 0.6 is 0 Å². The van der Waals surface area contributed by atoms with E-state index in [1.165, 1.54) is 0 Å². The first-order chi connectivity index (χ1) is 8.81. The van der Waals surface area contributed by atoms with Crippen molar-refractivity contribution >= 4 is 5.91 Å². The Morgan fingerprint density at radius 1 is 1.28 bits per heavy atom. The van der Waals surface area contributed by atoms with Gasteiger partial charge in [-0.3, -0.25) is 4.79 Å². The third-order valence-electron chi connectivity index (χ3n) is 3.94. The SMILES string of the molecule is O=C1NC(CO)C2C(COCc3ccccc3)C12. The van der Waals surface area contributed by atoms with Crippen molar-refractivity contribution in [1.82, 2.24) is 5.32 Å². The number of ether oxygens (including phenoxy) is 1. The fourth-order valence-electron chi connectivity index (χ4n) is 2.96. The van der Waals surface area contributed by atoms with E-state index >= 15 is 0 Å². The van der Waals surface area contributed by atoms with Gasteiger partial charge in [0.15, 0.2) is 0 Å². The van der Waals surface area contributed by atoms with Crippen molar-refractivity contribution in [2.75, 3.05) is 13.2 Å². The molecule has 0 aromatic heterocycles. The van der Waals surface area contributed by atoms with Gasteiger partial charge < -0.3 is 15.2 Å². The van der Waals surface area contributed by atoms with Gasteiger partial charge in [-0.15, -0.1) is 0 Å². The Kier molecular flexibility index (Phi) is 3.06. The molecule has 1 amide bonds. The predicted octanol–water partition coefficient (Wildman–Crippen LogP) is 0.556. The summed E-state index contributed by atoms with van der Waals surface area (Å²) >= 11 is 0. The summed E-state index contributed by atoms with van der Waals surface area (Å²) in [4.78, 5) is 11.6. The van der Waals surface area contributed by atoms with Crippen molar-refractivity contribution in [2.45, 2.75) is 12.6 Å². The number of aliphatic hydroxyl groups is 1. The molecule has 1 saturated heterocycles. The molecule has 2 aliphatic rings. The summed E-state index contributed by atoms with van der Waals surface area (Å²) in [6, 6.07) is 9.94. The first kappa shape index (κ1) is 11.7. The Labute approximate surface area is 106 Å². The van der Waals surface area contributed by atoms with Crippen molar-refractivity contribution in [3.63, 3.8) is 0 Å². The molecule has 4 heteroatoms. The van der Waals surface area contributed by atoms with E-state index in [-0.39, 0.29) is 30.4 Å². The van der Waals surface area contributed by atoms with Gasteiger partial charge in [0.05, 0.1) is 25.9 Å². The number of nitrogens with one attached hydrogen (secondary N) is 1. The molecule has 2 fully saturated rings. The van der Waals surface area contributed by atoms with E-state index in [0.29, 0.717) is 19.1 Å². The van der Waals surface area contributed by atoms with Crippen LogP contribution in [0.4, 0.5) is 0 Å². The van der Waals surface area contributed by atoms with Crippen LogP contribution in [-0.2, 0) is 16.1 Å². The number of carbonyl (C=O) groups is 1. The Morgan fingerprint density at radius 2 is 2.06 bits per heavy atom. The maximum absolute atomic E-state index is 11.6. The maximum Gasteiger partial charge on any atom is 0.224 e. The fraction of sp³-hybridized carbons (Fsp3) is 0.500. The largest absolute Gasteiger partial charge is 0.394 e. The van der Waals surface area contributed by atoms with Crippen molar-refractivity contribution in [3.8, 4) is 0 Å². The van der Waals surface area contributed by atoms with Gasteiger partial charge in [0, 0.05) is 5.92 Å². The number of fused-ring (bicyclic) bond motifs is 1. The van der Waals surface area contributed by atoms with Gasteiger partial charge in [0.2, 0.25) is 5.91 Å². The van der Waals surface area contributed by atoms with Crippen LogP contribution in [0.5, 0.6) is 0 Å². The molecule has 0 bridgehead atoms. The molecule has 1 aliphatic heterocycles. The number of hydrogen-bond donors (Lipinski definition) is 2. The smallest absolute Gasteiger partial charge is 0.224 e. The molecule has 1 heterocycles. The first-order valence-corrected chi connectivity index (χ1v) is 6.34. The number of carbonyl (C=O) groups excluding carboxylic acids is 1. The second-order valence-corrected chi connectivity index (χ2v) is 5.07. The van der Waals surface area contributed by atoms with Gasteiger partial charge in [-0.2, -0.15) is 0 Å². The lowest BCUT2D eigenvalue weighted by molar-refractivity contribution is -0.122. The highest BCUT2D eigenvalue weighted by atomic mass is 16.5. The molecule has 2 N–H and O–H groups in total. The summed E-state index contributed by atoms with van der Waals surface area (Å²) in [7, 11) is 0. The maximum atomic E-state index is 11.6. The second-order valence-electron chi connectivity index (χ2n) is 5.07. The molecule has 0 spiro atoms. The highest BCUT2D eigenvalue weighted by molar-refractivity contribution is 5.85. The molecule has 96 valence electrons. The molecule has 1 aliphatic carbocycles. The number of aliphatic hydroxyl groups excluding tert-OH is 1. The van der Waals surface area contributed by atoms with Crippen molar-refractivity contribution in [3.05, 3.63) is 35.9 Å². The van der Waals surface area contributed by atoms with E-state index in [0.717, 1.165) is 5.56 Å². The van der Waals surface area contributed by atoms with Crippen LogP contribution in [-0.4, -0.2) is 30.3 Å². The quantitative estimate of drug-likeness (QED) is 0.799. The van der Waals surface area contributed by atoms with Crippen LogP contribution in [0.1, 0.15) is 5.56 Å². The molecule has 1 saturated carbocycles. The molecule has 1 aromatic rings. The number of piperidine rings is 1. The standard InChI is InChI=1S/C14H17NO3/c16-6-11-12-10(13(12)14(17)15-11)8-18-7-9-4-2-1-3-5-9/h1-5,10-13,16H,6-8H2,(H,15,17). The molecule has 3 rings (SSSR count). The Morgan fingerprint density at radius 3 is 2.78 bits per heavy atom. The van der Waals surface area contributed by atoms with Gasteiger partial charge in [0.25, 0.3) is 0 Å². The molecule has 4 nitrogen and oxygen atoms in total. The lowest BCUT2D eigenvalue weighted by atomic mass is 10.2. The zero-order chi connectivity index (χ0) is 12.5. The number of benzene rings is 1. The molecular weight excluding hydrogens is 230 g/mol. The Balaban J connectivity index is 1.47. The van der Waals surface area contributed by atoms with Gasteiger partial charge >= 0.3 is 0 Å². The Hall–Kier alpha value is -1.39. The second kappa shape index (κ2) is 4.71. The average molecular weight is 247 g/mol. The summed E-state index contributed by atoms with van der Waals surface area (Å²) in [6.45, 7) is 1.22. The molecular formula is C14H17NO3. The van der Waals surface area contributed by atoms with Gasteiger partial charge in [-0.25, -0.2) is 0 Å². The minimum absolute atomic E-state index is 0.0299. The highest BCUT2D eigenvalue weighted by Crippen LogP contribution is 2.52. The Bertz CT molecular complexity index is 434. The zero-order valence-electron chi connectivity index (χ0n) is 10.1. The first-order valence-electron chi connectivity index (χ1n) is 6.34. The number of hydrogen-bond acceptors (Lipinski definition) is 3. The van der Waals surface area contributed by atoms with Crippen LogP contribution in [0.15, 0.2) is 30.3 Å². The predicted molar refractivity (Wildman–Crippen MR) is 65.6 cm³/mol. The van der Waals surface area contributed by atoms with Crippen LogP contribution in [0.2, 0.25) is 0 Å². The van der Waals surface area contributed by atoms with E-state index in [9.17, 15) is 4.79 Å². The number of rotatable bonds is 5. The lowest BCUT2D eigenvalue weighted by Crippen LogP contribution is -2.35. The van der Waals surface area contributed by atoms with E-state index in [4.69, 9.17) is 9.84 Å². The van der Waals surface area contributed by atoms with E-state index in [1.54, 1.807) is 0 Å². The zero-order valence-corrected chi connectivity index (χ0v) is 10.1. The minimum Gasteiger partial charge on any atom is -0.394 e. The summed E-state index contributed by atoms with van der Waals surface area (Å²) in [5.41, 5.74) is 1.14. The van der Waals surface area contributed by atoms with Gasteiger partial charge in [-0.1, -0.05) is 30.3 Å². The summed E-state index contributed by atoms with van der Waals surface area (Å²) in [5.74, 6) is 0.711. The third kappa shape index (κ3) is 2.02. The van der Waals surface area contributed by atoms with Crippen LogP contribution in [0.25, 0.3) is 0 Å². The lowest BCUT2D eigenvalue weighted by Gasteiger charge is -2.13. The normalized spacial score (nSPS) is 33.1.